The quantitative estimate of drug-likeness (QED) is 0.730. The number of halogens is 1. The van der Waals surface area contributed by atoms with E-state index >= 15 is 0 Å². The molecule has 2 rings (SSSR count). The molecule has 2 N–H and O–H groups in total. The summed E-state index contributed by atoms with van der Waals surface area (Å²) in [7, 11) is -3.74. The van der Waals surface area contributed by atoms with Crippen LogP contribution in [-0.4, -0.2) is 61.7 Å². The SMILES string of the molecule is CCOC(=O)c1cn[nH]c1S(=O)(=O)N1CCNCC1.Cl. The van der Waals surface area contributed by atoms with Gasteiger partial charge in [-0.3, -0.25) is 5.10 Å². The van der Waals surface area contributed by atoms with E-state index in [1.165, 1.54) is 10.5 Å². The van der Waals surface area contributed by atoms with Crippen LogP contribution < -0.4 is 5.32 Å². The summed E-state index contributed by atoms with van der Waals surface area (Å²) in [5.74, 6) is -0.690. The van der Waals surface area contributed by atoms with Crippen molar-refractivity contribution in [2.24, 2.45) is 0 Å². The predicted molar refractivity (Wildman–Crippen MR) is 73.4 cm³/mol. The molecule has 114 valence electrons. The molecule has 0 unspecified atom stereocenters. The van der Waals surface area contributed by atoms with E-state index in [9.17, 15) is 13.2 Å². The van der Waals surface area contributed by atoms with E-state index in [1.807, 2.05) is 0 Å². The molecule has 0 amide bonds. The number of nitrogens with zero attached hydrogens (tertiary/aromatic N) is 2. The van der Waals surface area contributed by atoms with Gasteiger partial charge in [-0.15, -0.1) is 12.4 Å². The molecule has 1 aliphatic rings. The lowest BCUT2D eigenvalue weighted by Crippen LogP contribution is -2.46. The van der Waals surface area contributed by atoms with E-state index in [1.54, 1.807) is 6.92 Å². The Bertz CT molecular complexity index is 553. The highest BCUT2D eigenvalue weighted by Crippen LogP contribution is 2.18. The Morgan fingerprint density at radius 2 is 2.10 bits per heavy atom. The number of H-pyrrole nitrogens is 1. The molecule has 1 aromatic heterocycles. The summed E-state index contributed by atoms with van der Waals surface area (Å²) in [4.78, 5) is 11.7. The van der Waals surface area contributed by atoms with Gasteiger partial charge in [0.25, 0.3) is 10.0 Å². The average Bonchev–Trinajstić information content (AvgIpc) is 2.90. The van der Waals surface area contributed by atoms with E-state index in [4.69, 9.17) is 4.74 Å². The summed E-state index contributed by atoms with van der Waals surface area (Å²) in [5.41, 5.74) is -0.0552. The molecular formula is C10H17ClN4O4S. The predicted octanol–water partition coefficient (Wildman–Crippen LogP) is -0.398. The monoisotopic (exact) mass is 324 g/mol. The van der Waals surface area contributed by atoms with Crippen LogP contribution in [0, 0.1) is 0 Å². The lowest BCUT2D eigenvalue weighted by Gasteiger charge is -2.26. The first-order valence-corrected chi connectivity index (χ1v) is 7.42. The Hall–Kier alpha value is -1.16. The van der Waals surface area contributed by atoms with Crippen LogP contribution in [0.2, 0.25) is 0 Å². The first-order valence-electron chi connectivity index (χ1n) is 5.98. The Morgan fingerprint density at radius 1 is 1.45 bits per heavy atom. The minimum Gasteiger partial charge on any atom is -0.462 e. The number of sulfonamides is 1. The normalized spacial score (nSPS) is 16.4. The number of carbonyl (C=O) groups excluding carboxylic acids is 1. The molecular weight excluding hydrogens is 308 g/mol. The van der Waals surface area contributed by atoms with Crippen molar-refractivity contribution in [2.75, 3.05) is 32.8 Å². The summed E-state index contributed by atoms with van der Waals surface area (Å²) in [6, 6.07) is 0. The van der Waals surface area contributed by atoms with Gasteiger partial charge in [-0.25, -0.2) is 13.2 Å². The molecule has 0 atom stereocenters. The van der Waals surface area contributed by atoms with Gasteiger partial charge in [-0.1, -0.05) is 0 Å². The van der Waals surface area contributed by atoms with Gasteiger partial charge < -0.3 is 10.1 Å². The maximum atomic E-state index is 12.4. The first kappa shape index (κ1) is 16.9. The number of rotatable bonds is 4. The van der Waals surface area contributed by atoms with Crippen molar-refractivity contribution in [3.8, 4) is 0 Å². The molecule has 1 fully saturated rings. The molecule has 0 radical (unpaired) electrons. The molecule has 1 aliphatic heterocycles. The number of hydrogen-bond acceptors (Lipinski definition) is 6. The van der Waals surface area contributed by atoms with Crippen molar-refractivity contribution in [3.05, 3.63) is 11.8 Å². The van der Waals surface area contributed by atoms with Crippen LogP contribution >= 0.6 is 12.4 Å². The Kier molecular flexibility index (Phi) is 5.93. The van der Waals surface area contributed by atoms with Crippen LogP contribution in [0.5, 0.6) is 0 Å². The van der Waals surface area contributed by atoms with E-state index in [0.29, 0.717) is 26.2 Å². The second-order valence-corrected chi connectivity index (χ2v) is 5.86. The third-order valence-electron chi connectivity index (χ3n) is 2.77. The highest BCUT2D eigenvalue weighted by Gasteiger charge is 2.32. The van der Waals surface area contributed by atoms with Crippen LogP contribution in [0.4, 0.5) is 0 Å². The number of ether oxygens (including phenoxy) is 1. The lowest BCUT2D eigenvalue weighted by molar-refractivity contribution is 0.0521. The standard InChI is InChI=1S/C10H16N4O4S.ClH/c1-2-18-10(15)8-7-12-13-9(8)19(16,17)14-5-3-11-4-6-14;/h7,11H,2-6H2,1H3,(H,12,13);1H. The maximum Gasteiger partial charge on any atom is 0.342 e. The van der Waals surface area contributed by atoms with Gasteiger partial charge >= 0.3 is 5.97 Å². The van der Waals surface area contributed by atoms with E-state index in [0.717, 1.165) is 0 Å². The fourth-order valence-corrected chi connectivity index (χ4v) is 3.34. The fourth-order valence-electron chi connectivity index (χ4n) is 1.84. The molecule has 1 saturated heterocycles. The third-order valence-corrected chi connectivity index (χ3v) is 4.65. The molecule has 8 nitrogen and oxygen atoms in total. The number of hydrogen-bond donors (Lipinski definition) is 2. The highest BCUT2D eigenvalue weighted by molar-refractivity contribution is 7.89. The molecule has 1 aromatic rings. The topological polar surface area (TPSA) is 104 Å². The summed E-state index contributed by atoms with van der Waals surface area (Å²) < 4.78 is 30.9. The second kappa shape index (κ2) is 7.02. The van der Waals surface area contributed by atoms with Gasteiger partial charge in [0.1, 0.15) is 5.56 Å². The van der Waals surface area contributed by atoms with Crippen LogP contribution in [0.25, 0.3) is 0 Å². The maximum absolute atomic E-state index is 12.4. The second-order valence-electron chi connectivity index (χ2n) is 3.99. The molecule has 0 spiro atoms. The summed E-state index contributed by atoms with van der Waals surface area (Å²) in [6.07, 6.45) is 1.17. The molecule has 20 heavy (non-hydrogen) atoms. The van der Waals surface area contributed by atoms with Gasteiger partial charge in [0, 0.05) is 26.2 Å². The number of carbonyl (C=O) groups is 1. The number of aromatic nitrogens is 2. The Balaban J connectivity index is 0.00000200. The van der Waals surface area contributed by atoms with Crippen molar-refractivity contribution in [1.82, 2.24) is 19.8 Å². The summed E-state index contributed by atoms with van der Waals surface area (Å²) in [6.45, 7) is 3.73. The van der Waals surface area contributed by atoms with Gasteiger partial charge in [0.2, 0.25) is 0 Å². The van der Waals surface area contributed by atoms with E-state index < -0.39 is 16.0 Å². The van der Waals surface area contributed by atoms with Crippen molar-refractivity contribution in [3.63, 3.8) is 0 Å². The van der Waals surface area contributed by atoms with Crippen molar-refractivity contribution in [1.29, 1.82) is 0 Å². The average molecular weight is 325 g/mol. The molecule has 0 bridgehead atoms. The Labute approximate surface area is 123 Å². The minimum absolute atomic E-state index is 0. The largest absolute Gasteiger partial charge is 0.462 e. The van der Waals surface area contributed by atoms with Crippen LogP contribution in [0.15, 0.2) is 11.2 Å². The fraction of sp³-hybridized carbons (Fsp3) is 0.600. The molecule has 2 heterocycles. The Morgan fingerprint density at radius 3 is 2.70 bits per heavy atom. The smallest absolute Gasteiger partial charge is 0.342 e. The van der Waals surface area contributed by atoms with Crippen molar-refractivity contribution in [2.45, 2.75) is 11.9 Å². The highest BCUT2D eigenvalue weighted by atomic mass is 35.5. The van der Waals surface area contributed by atoms with Gasteiger partial charge in [-0.2, -0.15) is 9.40 Å². The zero-order valence-corrected chi connectivity index (χ0v) is 12.6. The summed E-state index contributed by atoms with van der Waals surface area (Å²) in [5, 5.41) is 8.89. The molecule has 0 aliphatic carbocycles. The van der Waals surface area contributed by atoms with Gasteiger partial charge in [0.05, 0.1) is 12.8 Å². The number of piperazine rings is 1. The molecule has 0 aromatic carbocycles. The van der Waals surface area contributed by atoms with E-state index in [2.05, 4.69) is 15.5 Å². The van der Waals surface area contributed by atoms with Crippen LogP contribution in [0.3, 0.4) is 0 Å². The number of esters is 1. The lowest BCUT2D eigenvalue weighted by atomic mass is 10.4. The van der Waals surface area contributed by atoms with Crippen molar-refractivity contribution >= 4 is 28.4 Å². The number of aromatic amines is 1. The van der Waals surface area contributed by atoms with E-state index in [-0.39, 0.29) is 29.6 Å². The zero-order chi connectivity index (χ0) is 13.9. The number of nitrogens with one attached hydrogen (secondary N) is 2. The molecule has 0 saturated carbocycles. The van der Waals surface area contributed by atoms with Crippen LogP contribution in [0.1, 0.15) is 17.3 Å². The van der Waals surface area contributed by atoms with Crippen LogP contribution in [-0.2, 0) is 14.8 Å². The first-order chi connectivity index (χ1) is 9.07. The van der Waals surface area contributed by atoms with Gasteiger partial charge in [0.15, 0.2) is 5.03 Å². The minimum atomic E-state index is -3.74. The summed E-state index contributed by atoms with van der Waals surface area (Å²) >= 11 is 0. The van der Waals surface area contributed by atoms with Crippen molar-refractivity contribution < 1.29 is 17.9 Å². The zero-order valence-electron chi connectivity index (χ0n) is 11.0. The molecule has 10 heteroatoms. The van der Waals surface area contributed by atoms with Gasteiger partial charge in [-0.05, 0) is 6.92 Å². The third kappa shape index (κ3) is 3.29.